The van der Waals surface area contributed by atoms with Gasteiger partial charge in [-0.15, -0.1) is 10.2 Å². The van der Waals surface area contributed by atoms with E-state index in [2.05, 4.69) is 15.5 Å². The summed E-state index contributed by atoms with van der Waals surface area (Å²) in [7, 11) is 3.36. The molecule has 1 N–H and O–H groups in total. The Hall–Kier alpha value is -1.90. The van der Waals surface area contributed by atoms with E-state index in [-0.39, 0.29) is 23.4 Å². The van der Waals surface area contributed by atoms with E-state index in [1.807, 2.05) is 0 Å². The van der Waals surface area contributed by atoms with Gasteiger partial charge in [-0.2, -0.15) is 13.2 Å². The molecule has 0 aliphatic heterocycles. The van der Waals surface area contributed by atoms with Crippen LogP contribution in [0.1, 0.15) is 31.4 Å². The predicted octanol–water partition coefficient (Wildman–Crippen LogP) is 2.92. The molecule has 2 aliphatic carbocycles. The number of rotatable bonds is 3. The maximum atomic E-state index is 12.5. The van der Waals surface area contributed by atoms with Gasteiger partial charge in [-0.1, -0.05) is 6.42 Å². The van der Waals surface area contributed by atoms with Gasteiger partial charge in [0.05, 0.1) is 6.10 Å². The third kappa shape index (κ3) is 2.70. The molecule has 2 fully saturated rings. The number of amides is 2. The molecular weight excluding hydrogens is 325 g/mol. The number of ether oxygens (including phenoxy) is 1. The minimum absolute atomic E-state index is 0.00914. The van der Waals surface area contributed by atoms with Crippen molar-refractivity contribution in [3.05, 3.63) is 17.8 Å². The first-order valence-electron chi connectivity index (χ1n) is 7.75. The van der Waals surface area contributed by atoms with Gasteiger partial charge in [-0.3, -0.25) is 5.32 Å². The largest absolute Gasteiger partial charge is 0.435 e. The number of methoxy groups -OCH3 is 1. The van der Waals surface area contributed by atoms with Crippen molar-refractivity contribution in [1.29, 1.82) is 0 Å². The third-order valence-corrected chi connectivity index (χ3v) is 5.29. The molecule has 1 spiro atoms. The van der Waals surface area contributed by atoms with Gasteiger partial charge in [0.1, 0.15) is 0 Å². The van der Waals surface area contributed by atoms with Gasteiger partial charge >= 0.3 is 12.2 Å². The molecule has 1 aromatic heterocycles. The van der Waals surface area contributed by atoms with Crippen LogP contribution in [-0.4, -0.2) is 47.4 Å². The van der Waals surface area contributed by atoms with E-state index in [9.17, 15) is 18.0 Å². The van der Waals surface area contributed by atoms with Crippen LogP contribution in [0.15, 0.2) is 12.1 Å². The molecular formula is C15H19F3N4O2. The number of hydrogen-bond donors (Lipinski definition) is 1. The van der Waals surface area contributed by atoms with Crippen LogP contribution < -0.4 is 5.32 Å². The van der Waals surface area contributed by atoms with Crippen LogP contribution in [0.4, 0.5) is 23.8 Å². The summed E-state index contributed by atoms with van der Waals surface area (Å²) in [6, 6.07) is 1.55. The standard InChI is InChI=1S/C15H19F3N4O2/c1-22(10-8-11(24-2)14(10)6-3-7-14)13(23)19-12-5-4-9(20-21-12)15(16,17)18/h4-5,10-11H,3,6-8H2,1-2H3,(H,19,21,23). The number of nitrogens with one attached hydrogen (secondary N) is 1. The molecule has 1 heterocycles. The van der Waals surface area contributed by atoms with Crippen LogP contribution in [0, 0.1) is 5.41 Å². The third-order valence-electron chi connectivity index (χ3n) is 5.29. The van der Waals surface area contributed by atoms with Crippen LogP contribution >= 0.6 is 0 Å². The minimum atomic E-state index is -4.55. The van der Waals surface area contributed by atoms with Gasteiger partial charge < -0.3 is 9.64 Å². The summed E-state index contributed by atoms with van der Waals surface area (Å²) in [4.78, 5) is 13.9. The van der Waals surface area contributed by atoms with Crippen molar-refractivity contribution < 1.29 is 22.7 Å². The van der Waals surface area contributed by atoms with E-state index in [1.165, 1.54) is 0 Å². The predicted molar refractivity (Wildman–Crippen MR) is 79.3 cm³/mol. The van der Waals surface area contributed by atoms with Crippen molar-refractivity contribution in [2.24, 2.45) is 5.41 Å². The molecule has 2 amide bonds. The summed E-state index contributed by atoms with van der Waals surface area (Å²) in [6.07, 6.45) is -0.460. The molecule has 2 aliphatic rings. The Morgan fingerprint density at radius 3 is 2.54 bits per heavy atom. The summed E-state index contributed by atoms with van der Waals surface area (Å²) in [5.74, 6) is -0.00914. The summed E-state index contributed by atoms with van der Waals surface area (Å²) in [6.45, 7) is 0. The Kier molecular flexibility index (Phi) is 4.15. The van der Waals surface area contributed by atoms with E-state index in [1.54, 1.807) is 19.1 Å². The molecule has 132 valence electrons. The van der Waals surface area contributed by atoms with Gasteiger partial charge in [0.15, 0.2) is 11.5 Å². The summed E-state index contributed by atoms with van der Waals surface area (Å²) in [5.41, 5.74) is -1.07. The zero-order chi connectivity index (χ0) is 17.5. The Bertz CT molecular complexity index is 616. The lowest BCUT2D eigenvalue weighted by Gasteiger charge is -2.62. The summed E-state index contributed by atoms with van der Waals surface area (Å²) < 4.78 is 42.9. The summed E-state index contributed by atoms with van der Waals surface area (Å²) in [5, 5.41) is 9.01. The fourth-order valence-electron chi connectivity index (χ4n) is 3.73. The number of anilines is 1. The number of hydrogen-bond acceptors (Lipinski definition) is 4. The first-order chi connectivity index (χ1) is 11.3. The van der Waals surface area contributed by atoms with Crippen LogP contribution in [0.2, 0.25) is 0 Å². The van der Waals surface area contributed by atoms with Crippen molar-refractivity contribution in [2.75, 3.05) is 19.5 Å². The molecule has 2 unspecified atom stereocenters. The number of nitrogens with zero attached hydrogens (tertiary/aromatic N) is 3. The molecule has 0 radical (unpaired) electrons. The second kappa shape index (κ2) is 5.87. The molecule has 3 rings (SSSR count). The van der Waals surface area contributed by atoms with Crippen molar-refractivity contribution in [1.82, 2.24) is 15.1 Å². The van der Waals surface area contributed by atoms with Crippen molar-refractivity contribution in [2.45, 2.75) is 44.0 Å². The molecule has 0 saturated heterocycles. The lowest BCUT2D eigenvalue weighted by Crippen LogP contribution is -2.68. The van der Waals surface area contributed by atoms with E-state index in [4.69, 9.17) is 4.74 Å². The zero-order valence-electron chi connectivity index (χ0n) is 13.4. The lowest BCUT2D eigenvalue weighted by molar-refractivity contribution is -0.181. The molecule has 6 nitrogen and oxygen atoms in total. The summed E-state index contributed by atoms with van der Waals surface area (Å²) >= 11 is 0. The number of carbonyl (C=O) groups excluding carboxylic acids is 1. The molecule has 1 aromatic rings. The highest BCUT2D eigenvalue weighted by Gasteiger charge is 2.60. The zero-order valence-corrected chi connectivity index (χ0v) is 13.4. The molecule has 24 heavy (non-hydrogen) atoms. The van der Waals surface area contributed by atoms with Crippen molar-refractivity contribution in [3.63, 3.8) is 0 Å². The normalized spacial score (nSPS) is 24.9. The van der Waals surface area contributed by atoms with E-state index < -0.39 is 17.9 Å². The fraction of sp³-hybridized carbons (Fsp3) is 0.667. The number of urea groups is 1. The highest BCUT2D eigenvalue weighted by molar-refractivity contribution is 5.88. The van der Waals surface area contributed by atoms with Crippen molar-refractivity contribution in [3.8, 4) is 0 Å². The highest BCUT2D eigenvalue weighted by atomic mass is 19.4. The van der Waals surface area contributed by atoms with E-state index in [0.717, 1.165) is 37.8 Å². The van der Waals surface area contributed by atoms with Gasteiger partial charge in [0.2, 0.25) is 0 Å². The monoisotopic (exact) mass is 344 g/mol. The van der Waals surface area contributed by atoms with E-state index >= 15 is 0 Å². The maximum Gasteiger partial charge on any atom is 0.435 e. The second-order valence-corrected chi connectivity index (χ2v) is 6.41. The Balaban J connectivity index is 1.63. The first-order valence-corrected chi connectivity index (χ1v) is 7.75. The highest BCUT2D eigenvalue weighted by Crippen LogP contribution is 2.58. The Morgan fingerprint density at radius 2 is 2.08 bits per heavy atom. The minimum Gasteiger partial charge on any atom is -0.381 e. The molecule has 9 heteroatoms. The average molecular weight is 344 g/mol. The number of halogens is 3. The van der Waals surface area contributed by atoms with Crippen LogP contribution in [0.5, 0.6) is 0 Å². The molecule has 2 atom stereocenters. The number of alkyl halides is 3. The Labute approximate surface area is 137 Å². The second-order valence-electron chi connectivity index (χ2n) is 6.41. The SMILES string of the molecule is COC1CC(N(C)C(=O)Nc2ccc(C(F)(F)F)nn2)C12CCC2. The van der Waals surface area contributed by atoms with E-state index in [0.29, 0.717) is 0 Å². The van der Waals surface area contributed by atoms with Crippen molar-refractivity contribution >= 4 is 11.8 Å². The van der Waals surface area contributed by atoms with Crippen LogP contribution in [-0.2, 0) is 10.9 Å². The van der Waals surface area contributed by atoms with Gasteiger partial charge in [-0.25, -0.2) is 4.79 Å². The lowest BCUT2D eigenvalue weighted by atomic mass is 9.50. The topological polar surface area (TPSA) is 67.3 Å². The molecule has 0 bridgehead atoms. The Morgan fingerprint density at radius 1 is 1.38 bits per heavy atom. The number of aromatic nitrogens is 2. The van der Waals surface area contributed by atoms with Gasteiger partial charge in [0, 0.05) is 25.6 Å². The van der Waals surface area contributed by atoms with Crippen LogP contribution in [0.3, 0.4) is 0 Å². The average Bonchev–Trinajstić information content (AvgIpc) is 2.44. The fourth-order valence-corrected chi connectivity index (χ4v) is 3.73. The van der Waals surface area contributed by atoms with Crippen LogP contribution in [0.25, 0.3) is 0 Å². The molecule has 2 saturated carbocycles. The quantitative estimate of drug-likeness (QED) is 0.915. The molecule has 0 aromatic carbocycles. The van der Waals surface area contributed by atoms with Gasteiger partial charge in [-0.05, 0) is 31.4 Å². The maximum absolute atomic E-state index is 12.5. The number of carbonyl (C=O) groups is 1. The van der Waals surface area contributed by atoms with Gasteiger partial charge in [0.25, 0.3) is 0 Å². The first kappa shape index (κ1) is 16.9. The smallest absolute Gasteiger partial charge is 0.381 e.